The van der Waals surface area contributed by atoms with E-state index in [1.54, 1.807) is 23.7 Å². The molecule has 28 heavy (non-hydrogen) atoms. The molecule has 3 aromatic rings. The third-order valence-electron chi connectivity index (χ3n) is 4.49. The zero-order valence-electron chi connectivity index (χ0n) is 15.4. The average Bonchev–Trinajstić information content (AvgIpc) is 3.13. The number of amides is 1. The third kappa shape index (κ3) is 4.15. The van der Waals surface area contributed by atoms with Crippen LogP contribution < -0.4 is 5.73 Å². The summed E-state index contributed by atoms with van der Waals surface area (Å²) < 4.78 is 5.89. The second-order valence-corrected chi connectivity index (χ2v) is 7.57. The van der Waals surface area contributed by atoms with Crippen LogP contribution in [0.4, 0.5) is 5.95 Å². The van der Waals surface area contributed by atoms with Gasteiger partial charge in [-0.1, -0.05) is 6.07 Å². The number of carbonyl (C=O) groups is 1. The molecule has 0 radical (unpaired) electrons. The standard InChI is InChI=1S/C19H20N6O2S/c1-12-23-14(11-28-12)7-18(26)25-5-6-27-17(10-25)16-4-2-3-15(24-16)13-8-21-19(20)22-9-13/h2-4,8-9,11,17H,5-7,10H2,1H3,(H2,20,21,22)/t17-/m0/s1. The average molecular weight is 396 g/mol. The van der Waals surface area contributed by atoms with Gasteiger partial charge in [0.2, 0.25) is 11.9 Å². The summed E-state index contributed by atoms with van der Waals surface area (Å²) in [6.07, 6.45) is 3.32. The van der Waals surface area contributed by atoms with Gasteiger partial charge >= 0.3 is 0 Å². The van der Waals surface area contributed by atoms with Crippen molar-refractivity contribution in [2.24, 2.45) is 0 Å². The van der Waals surface area contributed by atoms with E-state index in [1.165, 1.54) is 0 Å². The van der Waals surface area contributed by atoms with E-state index in [-0.39, 0.29) is 18.0 Å². The third-order valence-corrected chi connectivity index (χ3v) is 5.31. The topological polar surface area (TPSA) is 107 Å². The van der Waals surface area contributed by atoms with E-state index in [4.69, 9.17) is 10.5 Å². The molecule has 9 heteroatoms. The number of rotatable bonds is 4. The SMILES string of the molecule is Cc1nc(CC(=O)N2CCO[C@H](c3cccc(-c4cnc(N)nc4)n3)C2)cs1. The van der Waals surface area contributed by atoms with Gasteiger partial charge in [-0.2, -0.15) is 0 Å². The van der Waals surface area contributed by atoms with Crippen molar-refractivity contribution in [2.45, 2.75) is 19.4 Å². The summed E-state index contributed by atoms with van der Waals surface area (Å²) in [6.45, 7) is 3.46. The fourth-order valence-corrected chi connectivity index (χ4v) is 3.69. The molecule has 0 saturated carbocycles. The largest absolute Gasteiger partial charge is 0.368 e. The number of ether oxygens (including phenoxy) is 1. The minimum absolute atomic E-state index is 0.0571. The molecule has 4 heterocycles. The highest BCUT2D eigenvalue weighted by atomic mass is 32.1. The Morgan fingerprint density at radius 2 is 2.14 bits per heavy atom. The van der Waals surface area contributed by atoms with Crippen molar-refractivity contribution in [3.8, 4) is 11.3 Å². The quantitative estimate of drug-likeness (QED) is 0.719. The van der Waals surface area contributed by atoms with Crippen molar-refractivity contribution < 1.29 is 9.53 Å². The molecule has 2 N–H and O–H groups in total. The predicted molar refractivity (Wildman–Crippen MR) is 106 cm³/mol. The molecule has 1 atom stereocenters. The first-order valence-corrected chi connectivity index (χ1v) is 9.81. The van der Waals surface area contributed by atoms with Crippen molar-refractivity contribution in [1.82, 2.24) is 24.8 Å². The maximum atomic E-state index is 12.7. The Hall–Kier alpha value is -2.91. The van der Waals surface area contributed by atoms with Crippen molar-refractivity contribution >= 4 is 23.2 Å². The fourth-order valence-electron chi connectivity index (χ4n) is 3.07. The number of hydrogen-bond donors (Lipinski definition) is 1. The number of nitrogen functional groups attached to an aromatic ring is 1. The number of nitrogens with two attached hydrogens (primary N) is 1. The predicted octanol–water partition coefficient (Wildman–Crippen LogP) is 2.03. The molecular formula is C19H20N6O2S. The van der Waals surface area contributed by atoms with Crippen LogP contribution in [0.15, 0.2) is 36.0 Å². The van der Waals surface area contributed by atoms with Crippen LogP contribution in [0.1, 0.15) is 22.5 Å². The summed E-state index contributed by atoms with van der Waals surface area (Å²) in [5.41, 5.74) is 8.66. The molecule has 1 aliphatic heterocycles. The lowest BCUT2D eigenvalue weighted by atomic mass is 10.1. The van der Waals surface area contributed by atoms with Gasteiger partial charge in [-0.25, -0.2) is 19.9 Å². The Labute approximate surface area is 166 Å². The van der Waals surface area contributed by atoms with Gasteiger partial charge in [0, 0.05) is 29.9 Å². The number of aromatic nitrogens is 4. The van der Waals surface area contributed by atoms with Crippen molar-refractivity contribution in [3.63, 3.8) is 0 Å². The summed E-state index contributed by atoms with van der Waals surface area (Å²) in [4.78, 5) is 31.6. The molecule has 0 spiro atoms. The molecule has 144 valence electrons. The van der Waals surface area contributed by atoms with Gasteiger partial charge in [0.1, 0.15) is 6.10 Å². The number of pyridine rings is 1. The molecule has 0 unspecified atom stereocenters. The number of nitrogens with zero attached hydrogens (tertiary/aromatic N) is 5. The van der Waals surface area contributed by atoms with Crippen LogP contribution in [0.3, 0.4) is 0 Å². The minimum atomic E-state index is -0.274. The first-order chi connectivity index (χ1) is 13.6. The first kappa shape index (κ1) is 18.5. The fraction of sp³-hybridized carbons (Fsp3) is 0.316. The second kappa shape index (κ2) is 7.99. The van der Waals surface area contributed by atoms with Crippen LogP contribution in [0.2, 0.25) is 0 Å². The van der Waals surface area contributed by atoms with Crippen LogP contribution in [0.25, 0.3) is 11.3 Å². The lowest BCUT2D eigenvalue weighted by molar-refractivity contribution is -0.138. The number of thiazole rings is 1. The van der Waals surface area contributed by atoms with Crippen LogP contribution in [0.5, 0.6) is 0 Å². The van der Waals surface area contributed by atoms with Gasteiger partial charge in [0.15, 0.2) is 0 Å². The Balaban J connectivity index is 1.47. The minimum Gasteiger partial charge on any atom is -0.368 e. The van der Waals surface area contributed by atoms with Crippen molar-refractivity contribution in [1.29, 1.82) is 0 Å². The van der Waals surface area contributed by atoms with E-state index in [0.29, 0.717) is 26.1 Å². The molecule has 0 bridgehead atoms. The van der Waals surface area contributed by atoms with Gasteiger partial charge in [-0.05, 0) is 19.1 Å². The summed E-state index contributed by atoms with van der Waals surface area (Å²) in [6, 6.07) is 5.70. The highest BCUT2D eigenvalue weighted by molar-refractivity contribution is 7.09. The van der Waals surface area contributed by atoms with Gasteiger partial charge in [-0.3, -0.25) is 4.79 Å². The first-order valence-electron chi connectivity index (χ1n) is 8.94. The molecule has 1 fully saturated rings. The lowest BCUT2D eigenvalue weighted by Gasteiger charge is -2.32. The molecular weight excluding hydrogens is 376 g/mol. The van der Waals surface area contributed by atoms with Gasteiger partial charge in [0.25, 0.3) is 0 Å². The highest BCUT2D eigenvalue weighted by Gasteiger charge is 2.27. The van der Waals surface area contributed by atoms with E-state index in [0.717, 1.165) is 27.7 Å². The number of carbonyl (C=O) groups excluding carboxylic acids is 1. The normalized spacial score (nSPS) is 16.9. The highest BCUT2D eigenvalue weighted by Crippen LogP contribution is 2.24. The molecule has 3 aromatic heterocycles. The Morgan fingerprint density at radius 1 is 1.32 bits per heavy atom. The monoisotopic (exact) mass is 396 g/mol. The van der Waals surface area contributed by atoms with E-state index in [2.05, 4.69) is 19.9 Å². The second-order valence-electron chi connectivity index (χ2n) is 6.51. The molecule has 1 aliphatic rings. The maximum Gasteiger partial charge on any atom is 0.228 e. The molecule has 1 saturated heterocycles. The summed E-state index contributed by atoms with van der Waals surface area (Å²) >= 11 is 1.56. The molecule has 8 nitrogen and oxygen atoms in total. The maximum absolute atomic E-state index is 12.7. The number of aryl methyl sites for hydroxylation is 1. The van der Waals surface area contributed by atoms with Gasteiger partial charge < -0.3 is 15.4 Å². The van der Waals surface area contributed by atoms with Crippen molar-refractivity contribution in [2.75, 3.05) is 25.4 Å². The van der Waals surface area contributed by atoms with Crippen LogP contribution in [0, 0.1) is 6.92 Å². The van der Waals surface area contributed by atoms with Gasteiger partial charge in [-0.15, -0.1) is 11.3 Å². The zero-order valence-corrected chi connectivity index (χ0v) is 16.2. The Kier molecular flexibility index (Phi) is 5.27. The smallest absolute Gasteiger partial charge is 0.228 e. The van der Waals surface area contributed by atoms with E-state index in [1.807, 2.05) is 35.4 Å². The number of hydrogen-bond acceptors (Lipinski definition) is 8. The van der Waals surface area contributed by atoms with E-state index < -0.39 is 0 Å². The number of anilines is 1. The summed E-state index contributed by atoms with van der Waals surface area (Å²) in [5, 5.41) is 2.90. The summed E-state index contributed by atoms with van der Waals surface area (Å²) in [5.74, 6) is 0.279. The van der Waals surface area contributed by atoms with E-state index >= 15 is 0 Å². The Bertz CT molecular complexity index is 975. The van der Waals surface area contributed by atoms with Crippen LogP contribution in [-0.4, -0.2) is 50.4 Å². The molecule has 4 rings (SSSR count). The molecule has 0 aliphatic carbocycles. The van der Waals surface area contributed by atoms with Gasteiger partial charge in [0.05, 0.1) is 41.7 Å². The summed E-state index contributed by atoms with van der Waals surface area (Å²) in [7, 11) is 0. The van der Waals surface area contributed by atoms with Crippen LogP contribution in [-0.2, 0) is 16.0 Å². The Morgan fingerprint density at radius 3 is 2.89 bits per heavy atom. The zero-order chi connectivity index (χ0) is 19.5. The number of morpholine rings is 1. The molecule has 1 amide bonds. The van der Waals surface area contributed by atoms with Crippen LogP contribution >= 0.6 is 11.3 Å². The van der Waals surface area contributed by atoms with Crippen molar-refractivity contribution in [3.05, 3.63) is 52.4 Å². The van der Waals surface area contributed by atoms with E-state index in [9.17, 15) is 4.79 Å². The molecule has 0 aromatic carbocycles. The lowest BCUT2D eigenvalue weighted by Crippen LogP contribution is -2.43.